The molecule has 0 radical (unpaired) electrons. The number of benzene rings is 2. The zero-order valence-electron chi connectivity index (χ0n) is 15.8. The maximum Gasteiger partial charge on any atom is 0.267 e. The molecule has 0 aliphatic heterocycles. The highest BCUT2D eigenvalue weighted by Crippen LogP contribution is 2.28. The van der Waals surface area contributed by atoms with Crippen molar-refractivity contribution in [2.45, 2.75) is 18.7 Å². The van der Waals surface area contributed by atoms with E-state index >= 15 is 0 Å². The van der Waals surface area contributed by atoms with Crippen LogP contribution in [0.25, 0.3) is 16.4 Å². The predicted octanol–water partition coefficient (Wildman–Crippen LogP) is 3.72. The number of aromatic nitrogens is 1. The number of hydrogen-bond acceptors (Lipinski definition) is 4. The van der Waals surface area contributed by atoms with E-state index in [0.717, 1.165) is 5.56 Å². The number of Topliss-reactive ketones (excluding diaryl/α,β-unsaturated/α-hetero) is 1. The Balaban J connectivity index is 1.86. The molecule has 0 atom stereocenters. The first kappa shape index (κ1) is 18.9. The fraction of sp³-hybridized carbons (Fsp3) is 0.0909. The van der Waals surface area contributed by atoms with Gasteiger partial charge in [0.25, 0.3) is 15.9 Å². The van der Waals surface area contributed by atoms with Crippen LogP contribution in [-0.4, -0.2) is 24.5 Å². The number of nitrogens with one attached hydrogen (secondary N) is 1. The topological polar surface area (TPSA) is 84.7 Å². The van der Waals surface area contributed by atoms with Gasteiger partial charge in [0, 0.05) is 17.1 Å². The monoisotopic (exact) mass is 406 g/mol. The number of carbonyl (C=O) groups is 2. The number of hydrogen-bond donors (Lipinski definition) is 1. The maximum atomic E-state index is 13.1. The summed E-state index contributed by atoms with van der Waals surface area (Å²) in [6.07, 6.45) is 1.66. The molecule has 1 N–H and O–H groups in total. The normalized spacial score (nSPS) is 11.7. The molecule has 0 aliphatic carbocycles. The largest absolute Gasteiger partial charge is 0.315 e. The maximum absolute atomic E-state index is 13.1. The van der Waals surface area contributed by atoms with Crippen LogP contribution >= 0.6 is 0 Å². The van der Waals surface area contributed by atoms with E-state index in [1.165, 1.54) is 19.1 Å². The number of carbonyl (C=O) groups excluding carboxylic acids is 2. The van der Waals surface area contributed by atoms with Gasteiger partial charge >= 0.3 is 0 Å². The van der Waals surface area contributed by atoms with E-state index in [4.69, 9.17) is 0 Å². The number of para-hydroxylation sites is 1. The molecule has 4 aromatic rings. The molecule has 2 heterocycles. The van der Waals surface area contributed by atoms with Crippen molar-refractivity contribution in [1.82, 2.24) is 9.12 Å². The Bertz CT molecular complexity index is 1400. The molecule has 29 heavy (non-hydrogen) atoms. The van der Waals surface area contributed by atoms with Gasteiger partial charge in [-0.15, -0.1) is 0 Å². The van der Waals surface area contributed by atoms with Crippen molar-refractivity contribution in [3.8, 4) is 0 Å². The summed E-state index contributed by atoms with van der Waals surface area (Å²) in [5.41, 5.74) is 2.75. The van der Waals surface area contributed by atoms with E-state index in [-0.39, 0.29) is 16.2 Å². The lowest BCUT2D eigenvalue weighted by atomic mass is 10.1. The van der Waals surface area contributed by atoms with E-state index < -0.39 is 15.9 Å². The SMILES string of the molecule is CC(=O)c1ccc2c(C(=O)NS(=O)(=O)c3cccc(C)c3)c3ccccc3n2c1. The van der Waals surface area contributed by atoms with Gasteiger partial charge in [0.15, 0.2) is 5.78 Å². The van der Waals surface area contributed by atoms with E-state index in [1.807, 2.05) is 12.1 Å². The smallest absolute Gasteiger partial charge is 0.267 e. The summed E-state index contributed by atoms with van der Waals surface area (Å²) in [6, 6.07) is 16.8. The molecule has 2 aromatic carbocycles. The standard InChI is InChI=1S/C22H18N2O4S/c1-14-6-5-7-17(12-14)29(27,28)23-22(26)21-18-8-3-4-9-19(18)24-13-16(15(2)25)10-11-20(21)24/h3-13H,1-2H3,(H,23,26). The third kappa shape index (κ3) is 3.30. The average molecular weight is 406 g/mol. The first-order chi connectivity index (χ1) is 13.8. The van der Waals surface area contributed by atoms with Gasteiger partial charge in [-0.3, -0.25) is 9.59 Å². The summed E-state index contributed by atoms with van der Waals surface area (Å²) in [5.74, 6) is -0.821. The molecule has 6 nitrogen and oxygen atoms in total. The fourth-order valence-corrected chi connectivity index (χ4v) is 4.46. The highest BCUT2D eigenvalue weighted by atomic mass is 32.2. The highest BCUT2D eigenvalue weighted by molar-refractivity contribution is 7.90. The van der Waals surface area contributed by atoms with Crippen LogP contribution in [0, 0.1) is 6.92 Å². The molecule has 1 amide bonds. The second kappa shape index (κ2) is 6.86. The Hall–Kier alpha value is -3.45. The number of pyridine rings is 1. The zero-order chi connectivity index (χ0) is 20.8. The molecule has 0 fully saturated rings. The summed E-state index contributed by atoms with van der Waals surface area (Å²) in [5, 5.41) is 0.602. The predicted molar refractivity (Wildman–Crippen MR) is 111 cm³/mol. The molecule has 0 aliphatic rings. The molecule has 4 rings (SSSR count). The molecule has 7 heteroatoms. The van der Waals surface area contributed by atoms with Crippen molar-refractivity contribution in [3.05, 3.63) is 83.6 Å². The first-order valence-electron chi connectivity index (χ1n) is 8.95. The van der Waals surface area contributed by atoms with Gasteiger partial charge in [-0.05, 0) is 49.7 Å². The minimum Gasteiger partial charge on any atom is -0.315 e. The van der Waals surface area contributed by atoms with Crippen LogP contribution in [0.15, 0.2) is 71.8 Å². The summed E-state index contributed by atoms with van der Waals surface area (Å²) in [4.78, 5) is 24.8. The van der Waals surface area contributed by atoms with Crippen LogP contribution in [0.3, 0.4) is 0 Å². The van der Waals surface area contributed by atoms with Crippen LogP contribution in [0.2, 0.25) is 0 Å². The van der Waals surface area contributed by atoms with Gasteiger partial charge in [0.1, 0.15) is 0 Å². The number of ketones is 1. The molecule has 0 unspecified atom stereocenters. The molecule has 2 aromatic heterocycles. The van der Waals surface area contributed by atoms with Crippen LogP contribution in [0.4, 0.5) is 0 Å². The van der Waals surface area contributed by atoms with Crippen molar-refractivity contribution in [1.29, 1.82) is 0 Å². The lowest BCUT2D eigenvalue weighted by Crippen LogP contribution is -2.30. The Kier molecular flexibility index (Phi) is 4.47. The minimum atomic E-state index is -4.03. The van der Waals surface area contributed by atoms with E-state index in [1.54, 1.807) is 53.9 Å². The number of nitrogens with zero attached hydrogens (tertiary/aromatic N) is 1. The molecule has 0 saturated heterocycles. The second-order valence-corrected chi connectivity index (χ2v) is 8.55. The van der Waals surface area contributed by atoms with Crippen LogP contribution in [0.1, 0.15) is 33.2 Å². The average Bonchev–Trinajstić information content (AvgIpc) is 3.01. The molecule has 146 valence electrons. The Labute approximate surface area is 167 Å². The molecule has 0 saturated carbocycles. The van der Waals surface area contributed by atoms with Crippen LogP contribution < -0.4 is 4.72 Å². The van der Waals surface area contributed by atoms with Gasteiger partial charge in [-0.1, -0.05) is 30.3 Å². The number of aryl methyl sites for hydroxylation is 1. The van der Waals surface area contributed by atoms with Crippen molar-refractivity contribution in [2.24, 2.45) is 0 Å². The second-order valence-electron chi connectivity index (χ2n) is 6.87. The Morgan fingerprint density at radius 2 is 1.69 bits per heavy atom. The van der Waals surface area contributed by atoms with E-state index in [0.29, 0.717) is 22.0 Å². The molecule has 0 bridgehead atoms. The van der Waals surface area contributed by atoms with Gasteiger partial charge in [0.05, 0.1) is 21.5 Å². The third-order valence-corrected chi connectivity index (χ3v) is 6.13. The molecular weight excluding hydrogens is 388 g/mol. The highest BCUT2D eigenvalue weighted by Gasteiger charge is 2.24. The van der Waals surface area contributed by atoms with E-state index in [2.05, 4.69) is 4.72 Å². The van der Waals surface area contributed by atoms with Gasteiger partial charge in [-0.25, -0.2) is 13.1 Å². The quantitative estimate of drug-likeness (QED) is 0.524. The van der Waals surface area contributed by atoms with Gasteiger partial charge in [-0.2, -0.15) is 0 Å². The Morgan fingerprint density at radius 1 is 0.931 bits per heavy atom. The van der Waals surface area contributed by atoms with Crippen molar-refractivity contribution < 1.29 is 18.0 Å². The lowest BCUT2D eigenvalue weighted by Gasteiger charge is -2.08. The number of sulfonamides is 1. The van der Waals surface area contributed by atoms with E-state index in [9.17, 15) is 18.0 Å². The summed E-state index contributed by atoms with van der Waals surface area (Å²) < 4.78 is 29.4. The van der Waals surface area contributed by atoms with Crippen LogP contribution in [-0.2, 0) is 10.0 Å². The molecular formula is C22H18N2O4S. The first-order valence-corrected chi connectivity index (χ1v) is 10.4. The minimum absolute atomic E-state index is 0.0255. The lowest BCUT2D eigenvalue weighted by molar-refractivity contribution is 0.0982. The van der Waals surface area contributed by atoms with Gasteiger partial charge < -0.3 is 4.40 Å². The molecule has 0 spiro atoms. The number of fused-ring (bicyclic) bond motifs is 3. The number of amides is 1. The number of rotatable bonds is 4. The van der Waals surface area contributed by atoms with Crippen molar-refractivity contribution >= 4 is 38.1 Å². The van der Waals surface area contributed by atoms with Gasteiger partial charge in [0.2, 0.25) is 0 Å². The zero-order valence-corrected chi connectivity index (χ0v) is 16.7. The Morgan fingerprint density at radius 3 is 2.41 bits per heavy atom. The third-order valence-electron chi connectivity index (χ3n) is 4.80. The van der Waals surface area contributed by atoms with Crippen LogP contribution in [0.5, 0.6) is 0 Å². The summed E-state index contributed by atoms with van der Waals surface area (Å²) in [7, 11) is -4.03. The summed E-state index contributed by atoms with van der Waals surface area (Å²) in [6.45, 7) is 3.25. The van der Waals surface area contributed by atoms with Crippen molar-refractivity contribution in [3.63, 3.8) is 0 Å². The summed E-state index contributed by atoms with van der Waals surface area (Å²) >= 11 is 0. The fourth-order valence-electron chi connectivity index (χ4n) is 3.40. The van der Waals surface area contributed by atoms with Crippen molar-refractivity contribution in [2.75, 3.05) is 0 Å².